The molecule has 1 amide bonds. The van der Waals surface area contributed by atoms with Crippen LogP contribution in [0.1, 0.15) is 51.8 Å². The summed E-state index contributed by atoms with van der Waals surface area (Å²) in [6.45, 7) is 3.21. The van der Waals surface area contributed by atoms with Crippen molar-refractivity contribution < 1.29 is 19.4 Å². The molecule has 0 saturated carbocycles. The smallest absolute Gasteiger partial charge is 0.410 e. The van der Waals surface area contributed by atoms with E-state index in [1.807, 2.05) is 48.9 Å². The molecule has 0 spiro atoms. The molecule has 2 N–H and O–H groups in total. The maximum atomic E-state index is 12.6. The SMILES string of the molecule is CC(c1nc2c([nH]1)CN(C(=O)OCc1ccccc1)CC2)c1nc2ccc(C(=O)O)cc2n1C. The fourth-order valence-electron chi connectivity index (χ4n) is 4.34. The Bertz CT molecular complexity index is 1370. The van der Waals surface area contributed by atoms with Crippen LogP contribution in [0.4, 0.5) is 4.79 Å². The first-order chi connectivity index (χ1) is 16.4. The average Bonchev–Trinajstić information content (AvgIpc) is 3.43. The number of carboxylic acids is 1. The Morgan fingerprint density at radius 3 is 2.74 bits per heavy atom. The highest BCUT2D eigenvalue weighted by molar-refractivity contribution is 5.92. The van der Waals surface area contributed by atoms with Crippen molar-refractivity contribution >= 4 is 23.1 Å². The van der Waals surface area contributed by atoms with E-state index in [2.05, 4.69) is 4.98 Å². The highest BCUT2D eigenvalue weighted by Gasteiger charge is 2.27. The van der Waals surface area contributed by atoms with Crippen LogP contribution < -0.4 is 0 Å². The molecule has 2 aromatic carbocycles. The number of hydrogen-bond donors (Lipinski definition) is 2. The molecular formula is C25H25N5O4. The molecule has 1 unspecified atom stereocenters. The molecule has 0 saturated heterocycles. The molecule has 0 aliphatic carbocycles. The standard InChI is InChI=1S/C25H25N5O4/c1-15(23-28-19-9-8-17(24(31)32)12-21(19)29(23)2)22-26-18-10-11-30(13-20(18)27-22)25(33)34-14-16-6-4-3-5-7-16/h3-9,12,15H,10-11,13-14H2,1-2H3,(H,26,27)(H,31,32). The summed E-state index contributed by atoms with van der Waals surface area (Å²) in [7, 11) is 1.88. The van der Waals surface area contributed by atoms with Crippen molar-refractivity contribution in [2.75, 3.05) is 6.54 Å². The van der Waals surface area contributed by atoms with E-state index in [1.165, 1.54) is 0 Å². The third-order valence-corrected chi connectivity index (χ3v) is 6.27. The monoisotopic (exact) mass is 459 g/mol. The molecule has 4 aromatic rings. The molecule has 9 nitrogen and oxygen atoms in total. The van der Waals surface area contributed by atoms with E-state index in [0.29, 0.717) is 19.5 Å². The van der Waals surface area contributed by atoms with Gasteiger partial charge in [0.25, 0.3) is 0 Å². The first kappa shape index (κ1) is 21.7. The minimum atomic E-state index is -0.969. The third kappa shape index (κ3) is 4.00. The molecule has 1 aliphatic heterocycles. The number of carbonyl (C=O) groups is 2. The molecule has 0 bridgehead atoms. The second kappa shape index (κ2) is 8.66. The molecule has 0 fully saturated rings. The highest BCUT2D eigenvalue weighted by atomic mass is 16.6. The van der Waals surface area contributed by atoms with Crippen molar-refractivity contribution in [3.63, 3.8) is 0 Å². The van der Waals surface area contributed by atoms with E-state index in [1.54, 1.807) is 23.1 Å². The molecule has 34 heavy (non-hydrogen) atoms. The molecule has 174 valence electrons. The Kier molecular flexibility index (Phi) is 5.53. The summed E-state index contributed by atoms with van der Waals surface area (Å²) in [6.07, 6.45) is 0.298. The first-order valence-electron chi connectivity index (χ1n) is 11.1. The van der Waals surface area contributed by atoms with Gasteiger partial charge in [-0.05, 0) is 30.7 Å². The number of aromatic amines is 1. The zero-order chi connectivity index (χ0) is 23.8. The summed E-state index contributed by atoms with van der Waals surface area (Å²) < 4.78 is 7.38. The molecule has 5 rings (SSSR count). The predicted molar refractivity (Wildman–Crippen MR) is 125 cm³/mol. The van der Waals surface area contributed by atoms with E-state index in [4.69, 9.17) is 14.7 Å². The molecule has 1 atom stereocenters. The van der Waals surface area contributed by atoms with Crippen molar-refractivity contribution in [1.82, 2.24) is 24.4 Å². The van der Waals surface area contributed by atoms with Gasteiger partial charge in [-0.3, -0.25) is 0 Å². The van der Waals surface area contributed by atoms with Gasteiger partial charge < -0.3 is 24.3 Å². The van der Waals surface area contributed by atoms with Crippen LogP contribution in [-0.4, -0.2) is 48.1 Å². The molecule has 9 heteroatoms. The Morgan fingerprint density at radius 1 is 1.18 bits per heavy atom. The number of amides is 1. The number of aryl methyl sites for hydroxylation is 1. The number of benzene rings is 2. The number of aromatic nitrogens is 4. The number of carbonyl (C=O) groups excluding carboxylic acids is 1. The Labute approximate surface area is 196 Å². The minimum Gasteiger partial charge on any atom is -0.478 e. The summed E-state index contributed by atoms with van der Waals surface area (Å²) in [4.78, 5) is 38.5. The molecule has 2 aromatic heterocycles. The number of nitrogens with one attached hydrogen (secondary N) is 1. The van der Waals surface area contributed by atoms with Gasteiger partial charge in [0.15, 0.2) is 0 Å². The van der Waals surface area contributed by atoms with Crippen LogP contribution in [0, 0.1) is 0 Å². The minimum absolute atomic E-state index is 0.144. The Morgan fingerprint density at radius 2 is 1.97 bits per heavy atom. The number of imidazole rings is 2. The van der Waals surface area contributed by atoms with Crippen LogP contribution in [0.5, 0.6) is 0 Å². The summed E-state index contributed by atoms with van der Waals surface area (Å²) in [5.74, 6) is 0.433. The van der Waals surface area contributed by atoms with Gasteiger partial charge in [0, 0.05) is 20.0 Å². The summed E-state index contributed by atoms with van der Waals surface area (Å²) in [5.41, 5.74) is 4.51. The fraction of sp³-hybridized carbons (Fsp3) is 0.280. The lowest BCUT2D eigenvalue weighted by molar-refractivity contribution is 0.0696. The van der Waals surface area contributed by atoms with Gasteiger partial charge in [-0.15, -0.1) is 0 Å². The lowest BCUT2D eigenvalue weighted by atomic mass is 10.1. The van der Waals surface area contributed by atoms with E-state index in [0.717, 1.165) is 39.6 Å². The van der Waals surface area contributed by atoms with E-state index >= 15 is 0 Å². The molecule has 3 heterocycles. The fourth-order valence-corrected chi connectivity index (χ4v) is 4.34. The summed E-state index contributed by atoms with van der Waals surface area (Å²) in [6, 6.07) is 14.5. The Hall–Kier alpha value is -4.14. The maximum absolute atomic E-state index is 12.6. The topological polar surface area (TPSA) is 113 Å². The maximum Gasteiger partial charge on any atom is 0.410 e. The van der Waals surface area contributed by atoms with Crippen LogP contribution in [-0.2, 0) is 31.4 Å². The number of aromatic carboxylic acids is 1. The van der Waals surface area contributed by atoms with Gasteiger partial charge in [0.05, 0.1) is 40.4 Å². The van der Waals surface area contributed by atoms with Crippen LogP contribution in [0.3, 0.4) is 0 Å². The van der Waals surface area contributed by atoms with Gasteiger partial charge in [0.2, 0.25) is 0 Å². The number of nitrogens with zero attached hydrogens (tertiary/aromatic N) is 4. The van der Waals surface area contributed by atoms with Crippen molar-refractivity contribution in [3.8, 4) is 0 Å². The second-order valence-electron chi connectivity index (χ2n) is 8.52. The second-order valence-corrected chi connectivity index (χ2v) is 8.52. The van der Waals surface area contributed by atoms with Gasteiger partial charge >= 0.3 is 12.1 Å². The number of hydrogen-bond acceptors (Lipinski definition) is 5. The van der Waals surface area contributed by atoms with Crippen molar-refractivity contribution in [1.29, 1.82) is 0 Å². The molecule has 1 aliphatic rings. The summed E-state index contributed by atoms with van der Waals surface area (Å²) in [5, 5.41) is 9.29. The largest absolute Gasteiger partial charge is 0.478 e. The zero-order valence-electron chi connectivity index (χ0n) is 19.0. The zero-order valence-corrected chi connectivity index (χ0v) is 19.0. The number of fused-ring (bicyclic) bond motifs is 2. The summed E-state index contributed by atoms with van der Waals surface area (Å²) >= 11 is 0. The molecule has 0 radical (unpaired) electrons. The van der Waals surface area contributed by atoms with Crippen LogP contribution in [0.2, 0.25) is 0 Å². The predicted octanol–water partition coefficient (Wildman–Crippen LogP) is 3.84. The van der Waals surface area contributed by atoms with Crippen molar-refractivity contribution in [3.05, 3.63) is 82.7 Å². The van der Waals surface area contributed by atoms with Crippen LogP contribution >= 0.6 is 0 Å². The van der Waals surface area contributed by atoms with E-state index in [-0.39, 0.29) is 24.2 Å². The van der Waals surface area contributed by atoms with Crippen LogP contribution in [0.25, 0.3) is 11.0 Å². The van der Waals surface area contributed by atoms with E-state index < -0.39 is 5.97 Å². The van der Waals surface area contributed by atoms with Crippen molar-refractivity contribution in [2.24, 2.45) is 7.05 Å². The highest BCUT2D eigenvalue weighted by Crippen LogP contribution is 2.28. The number of rotatable bonds is 5. The average molecular weight is 460 g/mol. The lowest BCUT2D eigenvalue weighted by Gasteiger charge is -2.25. The van der Waals surface area contributed by atoms with Gasteiger partial charge in [-0.1, -0.05) is 30.3 Å². The molecular weight excluding hydrogens is 434 g/mol. The van der Waals surface area contributed by atoms with Crippen LogP contribution in [0.15, 0.2) is 48.5 Å². The first-order valence-corrected chi connectivity index (χ1v) is 11.1. The quantitative estimate of drug-likeness (QED) is 0.469. The van der Waals surface area contributed by atoms with Gasteiger partial charge in [-0.2, -0.15) is 0 Å². The third-order valence-electron chi connectivity index (χ3n) is 6.27. The van der Waals surface area contributed by atoms with Gasteiger partial charge in [-0.25, -0.2) is 19.6 Å². The normalized spacial score (nSPS) is 14.1. The number of ether oxygens (including phenoxy) is 1. The Balaban J connectivity index is 1.32. The van der Waals surface area contributed by atoms with Crippen molar-refractivity contribution in [2.45, 2.75) is 32.4 Å². The number of carboxylic acid groups (broad SMARTS) is 1. The van der Waals surface area contributed by atoms with E-state index in [9.17, 15) is 14.7 Å². The lowest BCUT2D eigenvalue weighted by Crippen LogP contribution is -2.36. The van der Waals surface area contributed by atoms with Gasteiger partial charge in [0.1, 0.15) is 18.3 Å². The number of H-pyrrole nitrogens is 1.